The second-order valence-corrected chi connectivity index (χ2v) is 7.47. The third-order valence-electron chi connectivity index (χ3n) is 5.35. The van der Waals surface area contributed by atoms with Crippen LogP contribution in [0.4, 0.5) is 0 Å². The van der Waals surface area contributed by atoms with E-state index in [0.717, 1.165) is 77.2 Å². The first-order chi connectivity index (χ1) is 14.7. The molecule has 8 heteroatoms. The standard InChI is InChI=1S/C22H39N5O3/c1-23-22(24-10-12-26(2)11-5-15-28-3)25-18-21(27-13-16-30-17-14-27)19-6-8-20(29-4)9-7-19/h6-9,21H,5,10-18H2,1-4H3,(H2,23,24,25). The van der Waals surface area contributed by atoms with Crippen molar-refractivity contribution in [2.45, 2.75) is 12.5 Å². The molecule has 1 aromatic carbocycles. The molecule has 170 valence electrons. The van der Waals surface area contributed by atoms with Crippen LogP contribution in [0.15, 0.2) is 29.3 Å². The van der Waals surface area contributed by atoms with E-state index < -0.39 is 0 Å². The monoisotopic (exact) mass is 421 g/mol. The first-order valence-electron chi connectivity index (χ1n) is 10.8. The van der Waals surface area contributed by atoms with Crippen LogP contribution in [0.5, 0.6) is 5.75 Å². The minimum Gasteiger partial charge on any atom is -0.497 e. The fourth-order valence-electron chi connectivity index (χ4n) is 3.54. The van der Waals surface area contributed by atoms with E-state index in [4.69, 9.17) is 14.2 Å². The van der Waals surface area contributed by atoms with Gasteiger partial charge in [0.05, 0.1) is 26.4 Å². The topological polar surface area (TPSA) is 70.6 Å². The molecule has 1 fully saturated rings. The fraction of sp³-hybridized carbons (Fsp3) is 0.682. The van der Waals surface area contributed by atoms with Crippen molar-refractivity contribution in [3.8, 4) is 5.75 Å². The van der Waals surface area contributed by atoms with Crippen LogP contribution in [0.25, 0.3) is 0 Å². The summed E-state index contributed by atoms with van der Waals surface area (Å²) in [6.07, 6.45) is 1.04. The summed E-state index contributed by atoms with van der Waals surface area (Å²) in [7, 11) is 7.38. The summed E-state index contributed by atoms with van der Waals surface area (Å²) in [5, 5.41) is 6.93. The predicted molar refractivity (Wildman–Crippen MR) is 121 cm³/mol. The van der Waals surface area contributed by atoms with Crippen molar-refractivity contribution in [1.29, 1.82) is 0 Å². The minimum absolute atomic E-state index is 0.245. The van der Waals surface area contributed by atoms with Gasteiger partial charge in [0, 0.05) is 60.0 Å². The average Bonchev–Trinajstić information content (AvgIpc) is 2.79. The van der Waals surface area contributed by atoms with Gasteiger partial charge in [0.1, 0.15) is 5.75 Å². The Bertz CT molecular complexity index is 605. The summed E-state index contributed by atoms with van der Waals surface area (Å²) in [6, 6.07) is 8.58. The molecule has 8 nitrogen and oxygen atoms in total. The first kappa shape index (κ1) is 24.4. The Morgan fingerprint density at radius 2 is 1.90 bits per heavy atom. The Labute approximate surface area is 181 Å². The van der Waals surface area contributed by atoms with Gasteiger partial charge in [0.25, 0.3) is 0 Å². The number of ether oxygens (including phenoxy) is 3. The molecule has 2 rings (SSSR count). The van der Waals surface area contributed by atoms with E-state index in [0.29, 0.717) is 0 Å². The normalized spacial score (nSPS) is 16.5. The SMILES string of the molecule is CN=C(NCCN(C)CCCOC)NCC(c1ccc(OC)cc1)N1CCOCC1. The first-order valence-corrected chi connectivity index (χ1v) is 10.8. The lowest BCUT2D eigenvalue weighted by Crippen LogP contribution is -2.47. The van der Waals surface area contributed by atoms with E-state index >= 15 is 0 Å². The van der Waals surface area contributed by atoms with E-state index in [1.807, 2.05) is 19.2 Å². The smallest absolute Gasteiger partial charge is 0.191 e. The molecule has 1 atom stereocenters. The van der Waals surface area contributed by atoms with Gasteiger partial charge in [-0.3, -0.25) is 9.89 Å². The number of rotatable bonds is 12. The number of nitrogens with one attached hydrogen (secondary N) is 2. The van der Waals surface area contributed by atoms with Crippen LogP contribution in [0.1, 0.15) is 18.0 Å². The second kappa shape index (κ2) is 14.2. The molecule has 0 radical (unpaired) electrons. The van der Waals surface area contributed by atoms with Gasteiger partial charge in [0.15, 0.2) is 5.96 Å². The summed E-state index contributed by atoms with van der Waals surface area (Å²) in [6.45, 7) is 7.80. The maximum atomic E-state index is 5.55. The van der Waals surface area contributed by atoms with Gasteiger partial charge in [-0.05, 0) is 31.2 Å². The van der Waals surface area contributed by atoms with Crippen LogP contribution in [0.3, 0.4) is 0 Å². The summed E-state index contributed by atoms with van der Waals surface area (Å²) < 4.78 is 16.0. The Morgan fingerprint density at radius 1 is 1.17 bits per heavy atom. The van der Waals surface area contributed by atoms with Gasteiger partial charge in [-0.25, -0.2) is 0 Å². The molecule has 2 N–H and O–H groups in total. The van der Waals surface area contributed by atoms with Crippen LogP contribution in [0, 0.1) is 0 Å². The lowest BCUT2D eigenvalue weighted by molar-refractivity contribution is 0.0170. The zero-order valence-corrected chi connectivity index (χ0v) is 19.0. The van der Waals surface area contributed by atoms with Crippen molar-refractivity contribution >= 4 is 5.96 Å². The number of methoxy groups -OCH3 is 2. The van der Waals surface area contributed by atoms with E-state index in [2.05, 4.69) is 44.6 Å². The largest absolute Gasteiger partial charge is 0.497 e. The highest BCUT2D eigenvalue weighted by atomic mass is 16.5. The molecule has 1 aromatic rings. The number of morpholine rings is 1. The average molecular weight is 422 g/mol. The highest BCUT2D eigenvalue weighted by molar-refractivity contribution is 5.79. The van der Waals surface area contributed by atoms with Crippen molar-refractivity contribution in [3.63, 3.8) is 0 Å². The molecular formula is C22H39N5O3. The van der Waals surface area contributed by atoms with Crippen molar-refractivity contribution < 1.29 is 14.2 Å². The van der Waals surface area contributed by atoms with Crippen LogP contribution in [-0.2, 0) is 9.47 Å². The molecule has 1 saturated heterocycles. The lowest BCUT2D eigenvalue weighted by atomic mass is 10.0. The highest BCUT2D eigenvalue weighted by Gasteiger charge is 2.23. The van der Waals surface area contributed by atoms with E-state index in [1.54, 1.807) is 14.2 Å². The zero-order valence-electron chi connectivity index (χ0n) is 19.0. The zero-order chi connectivity index (χ0) is 21.6. The summed E-state index contributed by atoms with van der Waals surface area (Å²) >= 11 is 0. The van der Waals surface area contributed by atoms with Crippen LogP contribution >= 0.6 is 0 Å². The van der Waals surface area contributed by atoms with Crippen LogP contribution in [-0.4, -0.2) is 103 Å². The molecule has 1 heterocycles. The van der Waals surface area contributed by atoms with Gasteiger partial charge in [-0.2, -0.15) is 0 Å². The van der Waals surface area contributed by atoms with Gasteiger partial charge < -0.3 is 29.7 Å². The molecule has 0 spiro atoms. The van der Waals surface area contributed by atoms with Gasteiger partial charge in [0.2, 0.25) is 0 Å². The number of likely N-dealkylation sites (N-methyl/N-ethyl adjacent to an activating group) is 1. The van der Waals surface area contributed by atoms with E-state index in [1.165, 1.54) is 5.56 Å². The molecule has 0 aromatic heterocycles. The minimum atomic E-state index is 0.245. The Hall–Kier alpha value is -1.87. The van der Waals surface area contributed by atoms with E-state index in [9.17, 15) is 0 Å². The van der Waals surface area contributed by atoms with Crippen molar-refractivity contribution in [2.75, 3.05) is 87.4 Å². The molecule has 0 aliphatic carbocycles. The summed E-state index contributed by atoms with van der Waals surface area (Å²) in [5.74, 6) is 1.70. The molecule has 0 amide bonds. The van der Waals surface area contributed by atoms with Crippen molar-refractivity contribution in [3.05, 3.63) is 29.8 Å². The van der Waals surface area contributed by atoms with Crippen molar-refractivity contribution in [1.82, 2.24) is 20.4 Å². The number of hydrogen-bond donors (Lipinski definition) is 2. The molecule has 1 aliphatic heterocycles. The Balaban J connectivity index is 1.87. The van der Waals surface area contributed by atoms with Gasteiger partial charge >= 0.3 is 0 Å². The lowest BCUT2D eigenvalue weighted by Gasteiger charge is -2.35. The maximum absolute atomic E-state index is 5.55. The number of benzene rings is 1. The number of nitrogens with zero attached hydrogens (tertiary/aromatic N) is 3. The molecule has 0 bridgehead atoms. The second-order valence-electron chi connectivity index (χ2n) is 7.47. The van der Waals surface area contributed by atoms with Crippen LogP contribution < -0.4 is 15.4 Å². The van der Waals surface area contributed by atoms with Gasteiger partial charge in [-0.15, -0.1) is 0 Å². The third kappa shape index (κ3) is 8.47. The maximum Gasteiger partial charge on any atom is 0.191 e. The quantitative estimate of drug-likeness (QED) is 0.299. The fourth-order valence-corrected chi connectivity index (χ4v) is 3.54. The highest BCUT2D eigenvalue weighted by Crippen LogP contribution is 2.23. The third-order valence-corrected chi connectivity index (χ3v) is 5.35. The Morgan fingerprint density at radius 3 is 2.53 bits per heavy atom. The van der Waals surface area contributed by atoms with E-state index in [-0.39, 0.29) is 6.04 Å². The molecular weight excluding hydrogens is 382 g/mol. The summed E-state index contributed by atoms with van der Waals surface area (Å²) in [4.78, 5) is 9.16. The van der Waals surface area contributed by atoms with Gasteiger partial charge in [-0.1, -0.05) is 12.1 Å². The van der Waals surface area contributed by atoms with Crippen LogP contribution in [0.2, 0.25) is 0 Å². The molecule has 1 unspecified atom stereocenters. The predicted octanol–water partition coefficient (Wildman–Crippen LogP) is 1.20. The molecule has 0 saturated carbocycles. The Kier molecular flexibility index (Phi) is 11.5. The number of guanidine groups is 1. The molecule has 30 heavy (non-hydrogen) atoms. The molecule has 1 aliphatic rings. The summed E-state index contributed by atoms with van der Waals surface area (Å²) in [5.41, 5.74) is 1.26. The number of hydrogen-bond acceptors (Lipinski definition) is 6. The number of aliphatic imine (C=N–C) groups is 1. The van der Waals surface area contributed by atoms with Crippen molar-refractivity contribution in [2.24, 2.45) is 4.99 Å².